The lowest BCUT2D eigenvalue weighted by Crippen LogP contribution is -2.02. The van der Waals surface area contributed by atoms with E-state index in [1.165, 1.54) is 63.9 Å². The molecule has 0 unspecified atom stereocenters. The summed E-state index contributed by atoms with van der Waals surface area (Å²) in [5.74, 6) is 2.80. The van der Waals surface area contributed by atoms with Gasteiger partial charge in [0.25, 0.3) is 0 Å². The molecule has 1 aliphatic rings. The molecule has 0 aliphatic heterocycles. The van der Waals surface area contributed by atoms with Gasteiger partial charge in [-0.1, -0.05) is 30.2 Å². The topological polar surface area (TPSA) is 26.0 Å². The Morgan fingerprint density at radius 2 is 1.85 bits per heavy atom. The summed E-state index contributed by atoms with van der Waals surface area (Å²) in [7, 11) is 0. The number of aryl methyl sites for hydroxylation is 3. The molecule has 2 heteroatoms. The molecule has 1 nitrogen and oxygen atoms in total. The number of thiophene rings is 1. The highest BCUT2D eigenvalue weighted by Gasteiger charge is 2.15. The number of fused-ring (bicyclic) bond motifs is 1. The van der Waals surface area contributed by atoms with Gasteiger partial charge >= 0.3 is 0 Å². The lowest BCUT2D eigenvalue weighted by Gasteiger charge is -2.16. The standard InChI is InChI=1S/C25H25NS/c1-4-18-13-24(26)16(2)11-22(18)14-25-17(3)23(15-27-25)21-10-9-19-7-5-6-8-20(19)12-21/h1,9-13,15H,5-8,14,26H2,2-3H3. The summed E-state index contributed by atoms with van der Waals surface area (Å²) in [6, 6.07) is 11.1. The van der Waals surface area contributed by atoms with Crippen molar-refractivity contribution in [1.29, 1.82) is 0 Å². The van der Waals surface area contributed by atoms with Crippen LogP contribution in [0.5, 0.6) is 0 Å². The SMILES string of the molecule is C#Cc1cc(N)c(C)cc1Cc1scc(-c2ccc3c(c2)CCCC3)c1C. The van der Waals surface area contributed by atoms with E-state index in [1.54, 1.807) is 0 Å². The van der Waals surface area contributed by atoms with Crippen LogP contribution in [0, 0.1) is 26.2 Å². The van der Waals surface area contributed by atoms with Crippen molar-refractivity contribution >= 4 is 17.0 Å². The maximum atomic E-state index is 6.03. The predicted octanol–water partition coefficient (Wildman–Crippen LogP) is 6.07. The Morgan fingerprint density at radius 3 is 2.63 bits per heavy atom. The second kappa shape index (κ2) is 7.25. The molecule has 27 heavy (non-hydrogen) atoms. The van der Waals surface area contributed by atoms with Crippen molar-refractivity contribution in [2.75, 3.05) is 5.73 Å². The minimum absolute atomic E-state index is 0.768. The van der Waals surface area contributed by atoms with E-state index in [0.29, 0.717) is 0 Å². The maximum Gasteiger partial charge on any atom is 0.0356 e. The molecular formula is C25H25NS. The molecule has 0 saturated carbocycles. The van der Waals surface area contributed by atoms with Crippen LogP contribution in [0.4, 0.5) is 5.69 Å². The van der Waals surface area contributed by atoms with Crippen LogP contribution in [-0.2, 0) is 19.3 Å². The summed E-state index contributed by atoms with van der Waals surface area (Å²) in [6.07, 6.45) is 11.7. The molecule has 0 bridgehead atoms. The van der Waals surface area contributed by atoms with Crippen molar-refractivity contribution in [3.8, 4) is 23.5 Å². The van der Waals surface area contributed by atoms with Crippen molar-refractivity contribution in [3.63, 3.8) is 0 Å². The zero-order valence-electron chi connectivity index (χ0n) is 16.1. The number of nitrogen functional groups attached to an aromatic ring is 1. The van der Waals surface area contributed by atoms with E-state index >= 15 is 0 Å². The fourth-order valence-electron chi connectivity index (χ4n) is 4.05. The number of anilines is 1. The first-order valence-electron chi connectivity index (χ1n) is 9.61. The Hall–Kier alpha value is -2.50. The van der Waals surface area contributed by atoms with Gasteiger partial charge in [0.2, 0.25) is 0 Å². The molecule has 0 radical (unpaired) electrons. The van der Waals surface area contributed by atoms with E-state index in [2.05, 4.69) is 42.5 Å². The van der Waals surface area contributed by atoms with Gasteiger partial charge in [0.15, 0.2) is 0 Å². The molecule has 0 fully saturated rings. The Labute approximate surface area is 166 Å². The molecule has 0 amide bonds. The minimum Gasteiger partial charge on any atom is -0.398 e. The van der Waals surface area contributed by atoms with Gasteiger partial charge in [0.05, 0.1) is 0 Å². The smallest absolute Gasteiger partial charge is 0.0356 e. The first kappa shape index (κ1) is 17.9. The van der Waals surface area contributed by atoms with Crippen LogP contribution in [-0.4, -0.2) is 0 Å². The second-order valence-electron chi connectivity index (χ2n) is 7.58. The zero-order chi connectivity index (χ0) is 19.0. The Bertz CT molecular complexity index is 1050. The van der Waals surface area contributed by atoms with E-state index in [9.17, 15) is 0 Å². The number of rotatable bonds is 3. The van der Waals surface area contributed by atoms with Crippen molar-refractivity contribution in [2.24, 2.45) is 0 Å². The lowest BCUT2D eigenvalue weighted by molar-refractivity contribution is 0.686. The van der Waals surface area contributed by atoms with E-state index in [0.717, 1.165) is 23.2 Å². The average Bonchev–Trinajstić information content (AvgIpc) is 3.04. The Kier molecular flexibility index (Phi) is 4.81. The largest absolute Gasteiger partial charge is 0.398 e. The maximum absolute atomic E-state index is 6.03. The van der Waals surface area contributed by atoms with Gasteiger partial charge in [0.1, 0.15) is 0 Å². The highest BCUT2D eigenvalue weighted by Crippen LogP contribution is 2.35. The van der Waals surface area contributed by atoms with Crippen LogP contribution < -0.4 is 5.73 Å². The third-order valence-electron chi connectivity index (χ3n) is 5.80. The van der Waals surface area contributed by atoms with Crippen LogP contribution in [0.1, 0.15) is 51.1 Å². The fourth-order valence-corrected chi connectivity index (χ4v) is 5.15. The van der Waals surface area contributed by atoms with Gasteiger partial charge in [0, 0.05) is 22.5 Å². The molecule has 3 aromatic rings. The number of hydrogen-bond donors (Lipinski definition) is 1. The molecule has 2 aromatic carbocycles. The van der Waals surface area contributed by atoms with Crippen molar-refractivity contribution in [3.05, 3.63) is 74.0 Å². The molecule has 0 saturated heterocycles. The summed E-state index contributed by atoms with van der Waals surface area (Å²) in [5.41, 5.74) is 17.1. The van der Waals surface area contributed by atoms with Crippen molar-refractivity contribution < 1.29 is 0 Å². The van der Waals surface area contributed by atoms with Gasteiger partial charge in [-0.05, 0) is 89.9 Å². The van der Waals surface area contributed by atoms with E-state index in [4.69, 9.17) is 12.2 Å². The summed E-state index contributed by atoms with van der Waals surface area (Å²) < 4.78 is 0. The molecule has 4 rings (SSSR count). The van der Waals surface area contributed by atoms with E-state index in [1.807, 2.05) is 24.3 Å². The molecule has 0 spiro atoms. The number of benzene rings is 2. The fraction of sp³-hybridized carbons (Fsp3) is 0.280. The summed E-state index contributed by atoms with van der Waals surface area (Å²) in [6.45, 7) is 4.28. The quantitative estimate of drug-likeness (QED) is 0.439. The monoisotopic (exact) mass is 371 g/mol. The molecular weight excluding hydrogens is 346 g/mol. The number of terminal acetylenes is 1. The zero-order valence-corrected chi connectivity index (χ0v) is 16.9. The van der Waals surface area contributed by atoms with Crippen LogP contribution in [0.15, 0.2) is 35.7 Å². The normalized spacial score (nSPS) is 13.2. The van der Waals surface area contributed by atoms with Crippen LogP contribution in [0.25, 0.3) is 11.1 Å². The van der Waals surface area contributed by atoms with Crippen LogP contribution in [0.3, 0.4) is 0 Å². The molecule has 2 N–H and O–H groups in total. The molecule has 1 aromatic heterocycles. The van der Waals surface area contributed by atoms with Gasteiger partial charge in [-0.3, -0.25) is 0 Å². The highest BCUT2D eigenvalue weighted by molar-refractivity contribution is 7.10. The summed E-state index contributed by atoms with van der Waals surface area (Å²) in [4.78, 5) is 1.38. The third kappa shape index (κ3) is 3.40. The molecule has 136 valence electrons. The minimum atomic E-state index is 0.768. The first-order valence-corrected chi connectivity index (χ1v) is 10.5. The predicted molar refractivity (Wildman–Crippen MR) is 117 cm³/mol. The van der Waals surface area contributed by atoms with Crippen molar-refractivity contribution in [1.82, 2.24) is 0 Å². The van der Waals surface area contributed by atoms with E-state index < -0.39 is 0 Å². The van der Waals surface area contributed by atoms with Gasteiger partial charge in [-0.15, -0.1) is 17.8 Å². The first-order chi connectivity index (χ1) is 13.1. The van der Waals surface area contributed by atoms with Crippen LogP contribution in [0.2, 0.25) is 0 Å². The molecule has 1 heterocycles. The molecule has 1 aliphatic carbocycles. The molecule has 0 atom stereocenters. The van der Waals surface area contributed by atoms with Crippen LogP contribution >= 0.6 is 11.3 Å². The van der Waals surface area contributed by atoms with E-state index in [-0.39, 0.29) is 0 Å². The van der Waals surface area contributed by atoms with Gasteiger partial charge in [-0.2, -0.15) is 0 Å². The number of hydrogen-bond acceptors (Lipinski definition) is 2. The van der Waals surface area contributed by atoms with Crippen molar-refractivity contribution in [2.45, 2.75) is 46.0 Å². The Morgan fingerprint density at radius 1 is 1.07 bits per heavy atom. The summed E-state index contributed by atoms with van der Waals surface area (Å²) >= 11 is 1.83. The second-order valence-corrected chi connectivity index (χ2v) is 8.54. The Balaban J connectivity index is 1.68. The number of nitrogens with two attached hydrogens (primary N) is 1. The third-order valence-corrected chi connectivity index (χ3v) is 6.89. The lowest BCUT2D eigenvalue weighted by atomic mass is 9.89. The van der Waals surface area contributed by atoms with Gasteiger partial charge in [-0.25, -0.2) is 0 Å². The summed E-state index contributed by atoms with van der Waals surface area (Å²) in [5, 5.41) is 2.30. The van der Waals surface area contributed by atoms with Gasteiger partial charge < -0.3 is 5.73 Å². The average molecular weight is 372 g/mol. The highest BCUT2D eigenvalue weighted by atomic mass is 32.1.